The smallest absolute Gasteiger partial charge is 0.284 e. The number of unbranched alkanes of at least 4 members (excludes halogenated alkanes) is 2. The van der Waals surface area contributed by atoms with Gasteiger partial charge in [-0.3, -0.25) is 9.47 Å². The molecule has 24 heavy (non-hydrogen) atoms. The third-order valence-electron chi connectivity index (χ3n) is 4.67. The van der Waals surface area contributed by atoms with Crippen molar-refractivity contribution in [1.82, 2.24) is 4.68 Å². The highest BCUT2D eigenvalue weighted by atomic mass is 16.7. The summed E-state index contributed by atoms with van der Waals surface area (Å²) in [5.74, 6) is 0.854. The molecule has 0 fully saturated rings. The lowest BCUT2D eigenvalue weighted by molar-refractivity contribution is -0.132. The van der Waals surface area contributed by atoms with Crippen molar-refractivity contribution >= 4 is 5.91 Å². The molecule has 2 aromatic rings. The molecule has 4 rings (SSSR count). The van der Waals surface area contributed by atoms with E-state index in [0.717, 1.165) is 19.3 Å². The fourth-order valence-corrected chi connectivity index (χ4v) is 3.38. The second kappa shape index (κ2) is 5.56. The summed E-state index contributed by atoms with van der Waals surface area (Å²) in [5, 5.41) is 12.9. The molecule has 0 bridgehead atoms. The lowest BCUT2D eigenvalue weighted by Gasteiger charge is -2.23. The van der Waals surface area contributed by atoms with Gasteiger partial charge in [0.2, 0.25) is 12.4 Å². The van der Waals surface area contributed by atoms with Gasteiger partial charge in [0.1, 0.15) is 0 Å². The van der Waals surface area contributed by atoms with Gasteiger partial charge in [0.05, 0.1) is 5.69 Å². The van der Waals surface area contributed by atoms with Crippen LogP contribution in [0, 0.1) is 0 Å². The highest BCUT2D eigenvalue weighted by molar-refractivity contribution is 6.00. The summed E-state index contributed by atoms with van der Waals surface area (Å²) in [5.41, 5.74) is -0.644. The molecule has 0 saturated heterocycles. The first kappa shape index (κ1) is 15.1. The van der Waals surface area contributed by atoms with Crippen LogP contribution in [-0.2, 0) is 10.4 Å². The quantitative estimate of drug-likeness (QED) is 0.854. The van der Waals surface area contributed by atoms with E-state index in [1.54, 1.807) is 34.0 Å². The SMILES string of the molecule is CCCCCN1C(=O)C(O)(c2ccc3c(c2)OCO3)c2cccn21. The Kier molecular flexibility index (Phi) is 3.49. The van der Waals surface area contributed by atoms with Gasteiger partial charge in [-0.25, -0.2) is 5.01 Å². The molecule has 1 atom stereocenters. The van der Waals surface area contributed by atoms with Crippen LogP contribution in [0.4, 0.5) is 0 Å². The maximum atomic E-state index is 13.0. The fraction of sp³-hybridized carbons (Fsp3) is 0.389. The second-order valence-corrected chi connectivity index (χ2v) is 6.15. The fourth-order valence-electron chi connectivity index (χ4n) is 3.38. The van der Waals surface area contributed by atoms with Crippen molar-refractivity contribution in [2.75, 3.05) is 18.3 Å². The third kappa shape index (κ3) is 2.03. The minimum Gasteiger partial charge on any atom is -0.454 e. The zero-order chi connectivity index (χ0) is 16.7. The van der Waals surface area contributed by atoms with Crippen molar-refractivity contribution in [3.05, 3.63) is 47.8 Å². The maximum Gasteiger partial charge on any atom is 0.284 e. The largest absolute Gasteiger partial charge is 0.454 e. The van der Waals surface area contributed by atoms with Gasteiger partial charge in [-0.05, 0) is 30.7 Å². The van der Waals surface area contributed by atoms with E-state index in [9.17, 15) is 9.90 Å². The first-order valence-corrected chi connectivity index (χ1v) is 8.29. The minimum atomic E-state index is -1.70. The summed E-state index contributed by atoms with van der Waals surface area (Å²) in [6.07, 6.45) is 4.83. The van der Waals surface area contributed by atoms with E-state index in [1.165, 1.54) is 0 Å². The molecule has 2 aliphatic heterocycles. The van der Waals surface area contributed by atoms with Crippen molar-refractivity contribution in [3.8, 4) is 11.5 Å². The number of benzene rings is 1. The number of carbonyl (C=O) groups is 1. The Morgan fingerprint density at radius 3 is 2.88 bits per heavy atom. The van der Waals surface area contributed by atoms with E-state index < -0.39 is 5.60 Å². The molecule has 1 amide bonds. The number of aromatic nitrogens is 1. The Hall–Kier alpha value is -2.47. The van der Waals surface area contributed by atoms with E-state index >= 15 is 0 Å². The van der Waals surface area contributed by atoms with Crippen LogP contribution in [0.2, 0.25) is 0 Å². The molecule has 1 aromatic heterocycles. The lowest BCUT2D eigenvalue weighted by Crippen LogP contribution is -2.43. The Labute approximate surface area is 140 Å². The third-order valence-corrected chi connectivity index (χ3v) is 4.67. The Bertz CT molecular complexity index is 785. The first-order valence-electron chi connectivity index (χ1n) is 8.29. The van der Waals surface area contributed by atoms with Crippen molar-refractivity contribution in [1.29, 1.82) is 0 Å². The van der Waals surface area contributed by atoms with Crippen LogP contribution < -0.4 is 14.5 Å². The van der Waals surface area contributed by atoms with E-state index in [1.807, 2.05) is 12.3 Å². The van der Waals surface area contributed by atoms with Gasteiger partial charge in [0.25, 0.3) is 5.91 Å². The van der Waals surface area contributed by atoms with E-state index in [-0.39, 0.29) is 12.7 Å². The van der Waals surface area contributed by atoms with Crippen LogP contribution in [0.3, 0.4) is 0 Å². The van der Waals surface area contributed by atoms with Crippen LogP contribution in [0.5, 0.6) is 11.5 Å². The number of carbonyl (C=O) groups excluding carboxylic acids is 1. The molecular weight excluding hydrogens is 308 g/mol. The van der Waals surface area contributed by atoms with Crippen LogP contribution in [0.25, 0.3) is 0 Å². The molecule has 6 nitrogen and oxygen atoms in total. The molecular formula is C18H20N2O4. The zero-order valence-corrected chi connectivity index (χ0v) is 13.6. The van der Waals surface area contributed by atoms with Crippen LogP contribution in [0.15, 0.2) is 36.5 Å². The monoisotopic (exact) mass is 328 g/mol. The number of hydrogen-bond acceptors (Lipinski definition) is 4. The molecule has 6 heteroatoms. The van der Waals surface area contributed by atoms with Gasteiger partial charge in [-0.1, -0.05) is 25.8 Å². The van der Waals surface area contributed by atoms with Gasteiger partial charge in [0, 0.05) is 18.3 Å². The molecule has 2 aliphatic rings. The Morgan fingerprint density at radius 2 is 2.04 bits per heavy atom. The summed E-state index contributed by atoms with van der Waals surface area (Å²) in [4.78, 5) is 13.0. The number of hydrogen-bond donors (Lipinski definition) is 1. The topological polar surface area (TPSA) is 63.9 Å². The summed E-state index contributed by atoms with van der Waals surface area (Å²) in [6, 6.07) is 8.76. The lowest BCUT2D eigenvalue weighted by atomic mass is 9.90. The standard InChI is InChI=1S/C18H20N2O4/c1-2-3-4-9-20-17(21)18(22,16-6-5-10-19(16)20)13-7-8-14-15(11-13)24-12-23-14/h5-8,10-11,22H,2-4,9,12H2,1H3. The van der Waals surface area contributed by atoms with Crippen LogP contribution in [0.1, 0.15) is 37.4 Å². The summed E-state index contributed by atoms with van der Waals surface area (Å²) in [7, 11) is 0. The molecule has 0 spiro atoms. The number of amides is 1. The number of aliphatic hydroxyl groups is 1. The zero-order valence-electron chi connectivity index (χ0n) is 13.6. The van der Waals surface area contributed by atoms with Gasteiger partial charge >= 0.3 is 0 Å². The molecule has 1 N–H and O–H groups in total. The highest BCUT2D eigenvalue weighted by Crippen LogP contribution is 2.41. The second-order valence-electron chi connectivity index (χ2n) is 6.15. The predicted molar refractivity (Wildman–Crippen MR) is 87.6 cm³/mol. The minimum absolute atomic E-state index is 0.157. The average molecular weight is 328 g/mol. The molecule has 0 radical (unpaired) electrons. The molecule has 1 unspecified atom stereocenters. The number of fused-ring (bicyclic) bond motifs is 2. The summed E-state index contributed by atoms with van der Waals surface area (Å²) in [6.45, 7) is 2.86. The van der Waals surface area contributed by atoms with Crippen molar-refractivity contribution in [2.45, 2.75) is 31.8 Å². The molecule has 126 valence electrons. The highest BCUT2D eigenvalue weighted by Gasteiger charge is 2.51. The normalized spacial score (nSPS) is 21.4. The van der Waals surface area contributed by atoms with Gasteiger partial charge in [-0.2, -0.15) is 0 Å². The molecule has 0 aliphatic carbocycles. The van der Waals surface area contributed by atoms with Gasteiger partial charge in [-0.15, -0.1) is 0 Å². The Morgan fingerprint density at radius 1 is 1.21 bits per heavy atom. The number of ether oxygens (including phenoxy) is 2. The van der Waals surface area contributed by atoms with Crippen LogP contribution >= 0.6 is 0 Å². The number of nitrogens with zero attached hydrogens (tertiary/aromatic N) is 2. The van der Waals surface area contributed by atoms with Crippen molar-refractivity contribution in [2.24, 2.45) is 0 Å². The maximum absolute atomic E-state index is 13.0. The first-order chi connectivity index (χ1) is 11.7. The molecule has 1 aromatic carbocycles. The number of rotatable bonds is 5. The molecule has 3 heterocycles. The Balaban J connectivity index is 1.73. The van der Waals surface area contributed by atoms with Gasteiger partial charge in [0.15, 0.2) is 11.5 Å². The summed E-state index contributed by atoms with van der Waals surface area (Å²) >= 11 is 0. The van der Waals surface area contributed by atoms with Gasteiger partial charge < -0.3 is 14.6 Å². The molecule has 0 saturated carbocycles. The summed E-state index contributed by atoms with van der Waals surface area (Å²) < 4.78 is 12.5. The van der Waals surface area contributed by atoms with Crippen molar-refractivity contribution in [3.63, 3.8) is 0 Å². The predicted octanol–water partition coefficient (Wildman–Crippen LogP) is 2.12. The van der Waals surface area contributed by atoms with E-state index in [2.05, 4.69) is 6.92 Å². The average Bonchev–Trinajstić information content (AvgIpc) is 3.29. The van der Waals surface area contributed by atoms with Crippen molar-refractivity contribution < 1.29 is 19.4 Å². The van der Waals surface area contributed by atoms with Crippen LogP contribution in [-0.4, -0.2) is 29.0 Å². The van der Waals surface area contributed by atoms with E-state index in [0.29, 0.717) is 29.3 Å². The van der Waals surface area contributed by atoms with E-state index in [4.69, 9.17) is 9.47 Å².